The molecule has 7 aliphatic rings. The minimum Gasteiger partial charge on any atom is -0.477 e. The Bertz CT molecular complexity index is 2290. The molecule has 36 atom stereocenters. The van der Waals surface area contributed by atoms with Crippen molar-refractivity contribution in [3.63, 3.8) is 0 Å². The summed E-state index contributed by atoms with van der Waals surface area (Å²) in [5, 5.41) is 252. The number of carbonyl (C=O) groups is 3. The largest absolute Gasteiger partial charge is 0.477 e. The predicted molar refractivity (Wildman–Crippen MR) is 272 cm³/mol. The van der Waals surface area contributed by atoms with E-state index in [1.165, 1.54) is 0 Å². The van der Waals surface area contributed by atoms with Gasteiger partial charge in [0, 0.05) is 20.3 Å². The zero-order valence-corrected chi connectivity index (χ0v) is 47.7. The summed E-state index contributed by atoms with van der Waals surface area (Å²) in [6.45, 7) is -5.63. The standard InChI is InChI=1S/C49H82N2O39/c1-11(58)50-21-13(60)3-49(48(76)77,89-39(21)23(62)14(61)4-52)90-40-26(65)16(6-54)81-46(34(40)73)85-36-18(8-56)82-43(22(27(36)66)51-12(2)59)78-10-20-25(64)29(68)33(72)45(84-20)87-38-19(9-57)83-47(86-37-17(7-55)79-42(75)31(70)30(37)69)35(74)41(38)88-44-32(71)28(67)24(63)15(5-53)80-44/h13-47,52-57,60-75H,3-10H2,1-2H3,(H,50,58)(H,51,59)(H,76,77)/t13-,14-,15-,16-,17+,18-,19?,20-,21+,22+,23+,24-,25-,26+,27+,28+,29-,30-,31-,32+,33+,34+,35-,36-,37-,38-,39-,40-,41-,42-,43-,44+,45+,46+,47-,49-/m0/s1. The fourth-order valence-corrected chi connectivity index (χ4v) is 11.4. The van der Waals surface area contributed by atoms with Gasteiger partial charge in [0.2, 0.25) is 11.8 Å². The first-order valence-corrected chi connectivity index (χ1v) is 28.3. The molecule has 0 aromatic heterocycles. The van der Waals surface area contributed by atoms with E-state index in [4.69, 9.17) is 61.6 Å². The van der Waals surface area contributed by atoms with Crippen LogP contribution < -0.4 is 10.6 Å². The average molecular weight is 1320 g/mol. The van der Waals surface area contributed by atoms with Crippen molar-refractivity contribution >= 4 is 17.8 Å². The van der Waals surface area contributed by atoms with Crippen molar-refractivity contribution in [3.8, 4) is 0 Å². The molecule has 0 saturated carbocycles. The van der Waals surface area contributed by atoms with Crippen molar-refractivity contribution in [3.05, 3.63) is 0 Å². The first kappa shape index (κ1) is 74.4. The second-order valence-corrected chi connectivity index (χ2v) is 22.5. The van der Waals surface area contributed by atoms with Gasteiger partial charge in [-0.05, 0) is 0 Å². The third kappa shape index (κ3) is 15.8. The number of hydrogen-bond acceptors (Lipinski definition) is 38. The van der Waals surface area contributed by atoms with Gasteiger partial charge in [-0.1, -0.05) is 0 Å². The Labute approximate surface area is 508 Å². The lowest BCUT2D eigenvalue weighted by atomic mass is 9.88. The molecule has 7 fully saturated rings. The van der Waals surface area contributed by atoms with E-state index < -0.39 is 291 Å². The lowest BCUT2D eigenvalue weighted by Crippen LogP contribution is -2.71. The molecule has 0 aliphatic carbocycles. The normalized spacial score (nSPS) is 48.5. The highest BCUT2D eigenvalue weighted by atomic mass is 16.8. The van der Waals surface area contributed by atoms with Crippen LogP contribution in [0.5, 0.6) is 0 Å². The maximum absolute atomic E-state index is 13.0. The van der Waals surface area contributed by atoms with Crippen LogP contribution in [0.4, 0.5) is 0 Å². The van der Waals surface area contributed by atoms with Crippen LogP contribution in [0.15, 0.2) is 0 Å². The van der Waals surface area contributed by atoms with Crippen molar-refractivity contribution in [1.82, 2.24) is 10.6 Å². The molecule has 0 spiro atoms. The molecule has 7 saturated heterocycles. The fourth-order valence-electron chi connectivity index (χ4n) is 11.4. The van der Waals surface area contributed by atoms with E-state index in [2.05, 4.69) is 10.6 Å². The highest BCUT2D eigenvalue weighted by Gasteiger charge is 2.62. The van der Waals surface area contributed by atoms with Crippen LogP contribution in [0.1, 0.15) is 20.3 Å². The lowest BCUT2D eigenvalue weighted by Gasteiger charge is -2.51. The van der Waals surface area contributed by atoms with E-state index in [0.717, 1.165) is 13.8 Å². The summed E-state index contributed by atoms with van der Waals surface area (Å²) in [7, 11) is 0. The van der Waals surface area contributed by atoms with Gasteiger partial charge >= 0.3 is 5.97 Å². The maximum atomic E-state index is 13.0. The van der Waals surface area contributed by atoms with Crippen LogP contribution >= 0.6 is 0 Å². The SMILES string of the molecule is CC(=O)N[C@H]1[C@@H](OC[C@@H]2O[C@H](O[C@H]3C(CO)O[C@@H](O[C@@H]4[C@@H](O)[C@H](O)[C@@H](O)O[C@@H]4CO)[C@@H](O)[C@@H]3O[C@H]3O[C@@H](CO)[C@H](O)[C@@H](O)[C@H]3O)[C@H](O)[C@@H](O)[C@H]2O)O[C@@H](CO)[C@H](O[C@H]2O[C@@H](CO)[C@@H](O)[C@H](O[C@]3(C(=O)O)C[C@H](O)[C@@H](NC(C)=O)[C@@H]([C@H](O)[C@@H](O)CO)O3)[C@H]2O)[C@@H]1O. The number of rotatable bonds is 24. The Morgan fingerprint density at radius 3 is 1.40 bits per heavy atom. The smallest absolute Gasteiger partial charge is 0.364 e. The third-order valence-corrected chi connectivity index (χ3v) is 16.3. The topological polar surface area (TPSA) is 661 Å². The predicted octanol–water partition coefficient (Wildman–Crippen LogP) is -16.8. The van der Waals surface area contributed by atoms with Gasteiger partial charge in [-0.3, -0.25) is 9.59 Å². The molecule has 7 rings (SSSR count). The van der Waals surface area contributed by atoms with Crippen molar-refractivity contribution in [2.45, 2.75) is 241 Å². The summed E-state index contributed by atoms with van der Waals surface area (Å²) in [5.74, 6) is -7.06. The number of hydrogen-bond donors (Lipinski definition) is 25. The summed E-state index contributed by atoms with van der Waals surface area (Å²) in [5.41, 5.74) is 0. The molecule has 522 valence electrons. The first-order chi connectivity index (χ1) is 42.4. The highest BCUT2D eigenvalue weighted by molar-refractivity contribution is 5.76. The summed E-state index contributed by atoms with van der Waals surface area (Å²) < 4.78 is 74.3. The number of aliphatic carboxylic acids is 1. The summed E-state index contributed by atoms with van der Waals surface area (Å²) in [6.07, 6.45) is -69.7. The maximum Gasteiger partial charge on any atom is 0.364 e. The molecule has 25 N–H and O–H groups in total. The summed E-state index contributed by atoms with van der Waals surface area (Å²) >= 11 is 0. The number of amides is 2. The monoisotopic (exact) mass is 1320 g/mol. The van der Waals surface area contributed by atoms with Crippen LogP contribution in [0, 0.1) is 0 Å². The fraction of sp³-hybridized carbons (Fsp3) is 0.939. The third-order valence-electron chi connectivity index (χ3n) is 16.3. The molecule has 7 heterocycles. The molecule has 2 amide bonds. The van der Waals surface area contributed by atoms with Gasteiger partial charge in [0.1, 0.15) is 165 Å². The van der Waals surface area contributed by atoms with Crippen LogP contribution in [-0.2, 0) is 76.0 Å². The summed E-state index contributed by atoms with van der Waals surface area (Å²) in [6, 6.07) is -3.52. The van der Waals surface area contributed by atoms with Gasteiger partial charge < -0.3 is 190 Å². The Balaban J connectivity index is 1.10. The Hall–Kier alpha value is -2.99. The van der Waals surface area contributed by atoms with Crippen LogP contribution in [0.3, 0.4) is 0 Å². The molecule has 0 aromatic carbocycles. The lowest BCUT2D eigenvalue weighted by molar-refractivity contribution is -0.400. The second kappa shape index (κ2) is 31.7. The van der Waals surface area contributed by atoms with Gasteiger partial charge in [-0.15, -0.1) is 0 Å². The van der Waals surface area contributed by atoms with E-state index in [1.807, 2.05) is 0 Å². The Kier molecular flexibility index (Phi) is 26.2. The minimum atomic E-state index is -3.22. The molecule has 90 heavy (non-hydrogen) atoms. The molecule has 0 radical (unpaired) electrons. The highest BCUT2D eigenvalue weighted by Crippen LogP contribution is 2.40. The van der Waals surface area contributed by atoms with E-state index in [0.29, 0.717) is 0 Å². The van der Waals surface area contributed by atoms with Gasteiger partial charge in [0.05, 0.1) is 58.4 Å². The number of carboxylic acid groups (broad SMARTS) is 1. The molecular formula is C49H82N2O39. The minimum absolute atomic E-state index is 0.838. The van der Waals surface area contributed by atoms with Crippen LogP contribution in [-0.4, -0.2) is 402 Å². The molecule has 7 aliphatic heterocycles. The van der Waals surface area contributed by atoms with Crippen molar-refractivity contribution in [1.29, 1.82) is 0 Å². The van der Waals surface area contributed by atoms with Gasteiger partial charge in [-0.2, -0.15) is 0 Å². The average Bonchev–Trinajstić information content (AvgIpc) is 0.785. The summed E-state index contributed by atoms with van der Waals surface area (Å²) in [4.78, 5) is 37.8. The first-order valence-electron chi connectivity index (χ1n) is 28.3. The van der Waals surface area contributed by atoms with E-state index >= 15 is 0 Å². The Morgan fingerprint density at radius 1 is 0.456 bits per heavy atom. The second-order valence-electron chi connectivity index (χ2n) is 22.5. The molecule has 41 nitrogen and oxygen atoms in total. The number of carboxylic acids is 1. The molecule has 0 aromatic rings. The quantitative estimate of drug-likeness (QED) is 0.0427. The van der Waals surface area contributed by atoms with E-state index in [-0.39, 0.29) is 0 Å². The Morgan fingerprint density at radius 2 is 0.878 bits per heavy atom. The number of nitrogens with one attached hydrogen (secondary N) is 2. The number of aliphatic hydroxyl groups excluding tert-OH is 22. The number of carbonyl (C=O) groups excluding carboxylic acids is 2. The van der Waals surface area contributed by atoms with Gasteiger partial charge in [0.25, 0.3) is 5.79 Å². The zero-order chi connectivity index (χ0) is 66.7. The van der Waals surface area contributed by atoms with Gasteiger partial charge in [-0.25, -0.2) is 4.79 Å². The zero-order valence-electron chi connectivity index (χ0n) is 47.7. The van der Waals surface area contributed by atoms with Crippen molar-refractivity contribution < 1.29 is 193 Å². The molecular weight excluding hydrogens is 1240 g/mol. The van der Waals surface area contributed by atoms with Crippen LogP contribution in [0.2, 0.25) is 0 Å². The van der Waals surface area contributed by atoms with E-state index in [9.17, 15) is 132 Å². The molecule has 0 bridgehead atoms. The van der Waals surface area contributed by atoms with Crippen molar-refractivity contribution in [2.24, 2.45) is 0 Å². The number of aliphatic hydroxyl groups is 22. The van der Waals surface area contributed by atoms with Crippen LogP contribution in [0.25, 0.3) is 0 Å². The van der Waals surface area contributed by atoms with Gasteiger partial charge in [0.15, 0.2) is 37.7 Å². The molecule has 41 heteroatoms. The number of ether oxygens (including phenoxy) is 13. The van der Waals surface area contributed by atoms with Crippen molar-refractivity contribution in [2.75, 3.05) is 46.2 Å². The van der Waals surface area contributed by atoms with E-state index in [1.54, 1.807) is 0 Å². The molecule has 1 unspecified atom stereocenters.